The molecule has 6 nitrogen and oxygen atoms in total. The number of anilines is 1. The molecule has 0 aliphatic heterocycles. The highest BCUT2D eigenvalue weighted by atomic mass is 32.2. The molecule has 114 valence electrons. The van der Waals surface area contributed by atoms with Crippen molar-refractivity contribution in [1.82, 2.24) is 0 Å². The van der Waals surface area contributed by atoms with E-state index in [2.05, 4.69) is 21.3 Å². The molecular weight excluding hydrogens is 301 g/mol. The lowest BCUT2D eigenvalue weighted by Gasteiger charge is -2.08. The molecule has 0 aliphatic carbocycles. The van der Waals surface area contributed by atoms with Crippen molar-refractivity contribution in [1.29, 1.82) is 0 Å². The van der Waals surface area contributed by atoms with Crippen molar-refractivity contribution >= 4 is 21.7 Å². The molecule has 0 amide bonds. The summed E-state index contributed by atoms with van der Waals surface area (Å²) < 4.78 is 43.5. The third kappa shape index (κ3) is 5.81. The monoisotopic (exact) mass is 315 g/mol. The van der Waals surface area contributed by atoms with Crippen molar-refractivity contribution in [3.63, 3.8) is 0 Å². The summed E-state index contributed by atoms with van der Waals surface area (Å²) in [6.45, 7) is 1.22. The Kier molecular flexibility index (Phi) is 6.14. The average Bonchev–Trinajstić information content (AvgIpc) is 2.36. The van der Waals surface area contributed by atoms with E-state index in [0.717, 1.165) is 6.07 Å². The molecule has 0 unspecified atom stereocenters. The van der Waals surface area contributed by atoms with Crippen molar-refractivity contribution < 1.29 is 27.4 Å². The Morgan fingerprint density at radius 3 is 2.76 bits per heavy atom. The number of carbonyl (C=O) groups is 1. The van der Waals surface area contributed by atoms with Crippen LogP contribution in [-0.2, 0) is 19.6 Å². The van der Waals surface area contributed by atoms with Crippen LogP contribution in [0, 0.1) is 17.7 Å². The Balaban J connectivity index is 2.84. The summed E-state index contributed by atoms with van der Waals surface area (Å²) in [5.41, 5.74) is -0.0104. The molecule has 0 saturated carbocycles. The number of sulfonamides is 1. The number of esters is 1. The number of ether oxygens (including phenoxy) is 1. The third-order valence-corrected chi connectivity index (χ3v) is 3.32. The van der Waals surface area contributed by atoms with Gasteiger partial charge in [0, 0.05) is 0 Å². The Bertz CT molecular complexity index is 676. The first-order valence-corrected chi connectivity index (χ1v) is 7.58. The van der Waals surface area contributed by atoms with E-state index in [1.54, 1.807) is 6.92 Å². The Morgan fingerprint density at radius 1 is 1.48 bits per heavy atom. The fourth-order valence-corrected chi connectivity index (χ4v) is 2.34. The second-order valence-electron chi connectivity index (χ2n) is 3.82. The number of hydrogen-bond donors (Lipinski definition) is 2. The largest absolute Gasteiger partial charge is 0.465 e. The summed E-state index contributed by atoms with van der Waals surface area (Å²) in [6, 6.07) is 3.50. The second-order valence-corrected chi connectivity index (χ2v) is 5.54. The molecule has 21 heavy (non-hydrogen) atoms. The zero-order chi connectivity index (χ0) is 15.9. The smallest absolute Gasteiger partial charge is 0.323 e. The highest BCUT2D eigenvalue weighted by Gasteiger charge is 2.17. The SMILES string of the molecule is CCOC(=O)CS(=O)(=O)Nc1ccc(C#CCO)c(F)c1. The number of halogens is 1. The van der Waals surface area contributed by atoms with Gasteiger partial charge in [-0.25, -0.2) is 12.8 Å². The average molecular weight is 315 g/mol. The van der Waals surface area contributed by atoms with E-state index in [1.807, 2.05) is 0 Å². The van der Waals surface area contributed by atoms with Gasteiger partial charge in [0.05, 0.1) is 17.9 Å². The first-order chi connectivity index (χ1) is 9.88. The minimum Gasteiger partial charge on any atom is -0.465 e. The van der Waals surface area contributed by atoms with Gasteiger partial charge in [0.25, 0.3) is 0 Å². The summed E-state index contributed by atoms with van der Waals surface area (Å²) in [7, 11) is -3.97. The molecule has 0 heterocycles. The molecule has 1 rings (SSSR count). The standard InChI is InChI=1S/C13H14FNO5S/c1-2-20-13(17)9-21(18,19)15-11-6-5-10(4-3-7-16)12(14)8-11/h5-6,8,15-16H,2,7,9H2,1H3. The van der Waals surface area contributed by atoms with E-state index in [-0.39, 0.29) is 17.9 Å². The molecule has 0 spiro atoms. The molecular formula is C13H14FNO5S. The summed E-state index contributed by atoms with van der Waals surface area (Å²) >= 11 is 0. The Labute approximate surface area is 122 Å². The molecule has 8 heteroatoms. The van der Waals surface area contributed by atoms with Gasteiger partial charge < -0.3 is 9.84 Å². The Morgan fingerprint density at radius 2 is 2.19 bits per heavy atom. The first kappa shape index (κ1) is 16.9. The van der Waals surface area contributed by atoms with Crippen molar-refractivity contribution in [2.45, 2.75) is 6.92 Å². The normalized spacial score (nSPS) is 10.4. The van der Waals surface area contributed by atoms with Gasteiger partial charge in [-0.15, -0.1) is 0 Å². The van der Waals surface area contributed by atoms with E-state index < -0.39 is 34.2 Å². The van der Waals surface area contributed by atoms with Gasteiger partial charge in [-0.2, -0.15) is 0 Å². The molecule has 1 aromatic carbocycles. The maximum Gasteiger partial charge on any atom is 0.323 e. The summed E-state index contributed by atoms with van der Waals surface area (Å²) in [6.07, 6.45) is 0. The molecule has 2 N–H and O–H groups in total. The molecule has 0 radical (unpaired) electrons. The van der Waals surface area contributed by atoms with E-state index in [0.29, 0.717) is 0 Å². The fraction of sp³-hybridized carbons (Fsp3) is 0.308. The lowest BCUT2D eigenvalue weighted by Crippen LogP contribution is -2.24. The summed E-state index contributed by atoms with van der Waals surface area (Å²) in [5.74, 6) is 2.17. The van der Waals surface area contributed by atoms with E-state index in [1.165, 1.54) is 12.1 Å². The van der Waals surface area contributed by atoms with Gasteiger partial charge in [0.1, 0.15) is 12.4 Å². The number of aliphatic hydroxyl groups excluding tert-OH is 1. The van der Waals surface area contributed by atoms with Gasteiger partial charge >= 0.3 is 5.97 Å². The maximum atomic E-state index is 13.6. The molecule has 1 aromatic rings. The lowest BCUT2D eigenvalue weighted by molar-refractivity contribution is -0.139. The molecule has 0 atom stereocenters. The molecule has 0 saturated heterocycles. The van der Waals surface area contributed by atoms with Crippen LogP contribution in [-0.4, -0.2) is 38.5 Å². The van der Waals surface area contributed by atoms with Gasteiger partial charge in [-0.1, -0.05) is 11.8 Å². The minimum absolute atomic E-state index is 0.0254. The number of rotatable bonds is 5. The van der Waals surface area contributed by atoms with Crippen molar-refractivity contribution in [3.05, 3.63) is 29.6 Å². The first-order valence-electron chi connectivity index (χ1n) is 5.93. The van der Waals surface area contributed by atoms with Gasteiger partial charge in [0.2, 0.25) is 10.0 Å². The third-order valence-electron chi connectivity index (χ3n) is 2.16. The van der Waals surface area contributed by atoms with Crippen LogP contribution in [0.5, 0.6) is 0 Å². The van der Waals surface area contributed by atoms with E-state index >= 15 is 0 Å². The van der Waals surface area contributed by atoms with Crippen LogP contribution < -0.4 is 4.72 Å². The van der Waals surface area contributed by atoms with Crippen molar-refractivity contribution in [2.24, 2.45) is 0 Å². The summed E-state index contributed by atoms with van der Waals surface area (Å²) in [5, 5.41) is 8.52. The number of benzene rings is 1. The van der Waals surface area contributed by atoms with Gasteiger partial charge in [0.15, 0.2) is 5.75 Å². The topological polar surface area (TPSA) is 92.7 Å². The maximum absolute atomic E-state index is 13.6. The molecule has 0 bridgehead atoms. The van der Waals surface area contributed by atoms with Crippen molar-refractivity contribution in [3.8, 4) is 11.8 Å². The Hall–Kier alpha value is -2.11. The number of hydrogen-bond acceptors (Lipinski definition) is 5. The second kappa shape index (κ2) is 7.61. The number of nitrogens with one attached hydrogen (secondary N) is 1. The zero-order valence-corrected chi connectivity index (χ0v) is 12.0. The number of carbonyl (C=O) groups excluding carboxylic acids is 1. The van der Waals surface area contributed by atoms with Crippen molar-refractivity contribution in [2.75, 3.05) is 23.7 Å². The molecule has 0 aromatic heterocycles. The van der Waals surface area contributed by atoms with Crippen LogP contribution in [0.25, 0.3) is 0 Å². The predicted molar refractivity (Wildman–Crippen MR) is 74.4 cm³/mol. The zero-order valence-electron chi connectivity index (χ0n) is 11.2. The van der Waals surface area contributed by atoms with Crippen LogP contribution in [0.1, 0.15) is 12.5 Å². The highest BCUT2D eigenvalue weighted by molar-refractivity contribution is 7.93. The van der Waals surface area contributed by atoms with E-state index in [4.69, 9.17) is 5.11 Å². The number of aliphatic hydroxyl groups is 1. The predicted octanol–water partition coefficient (Wildman–Crippen LogP) is 0.474. The minimum atomic E-state index is -3.97. The van der Waals surface area contributed by atoms with Crippen LogP contribution in [0.4, 0.5) is 10.1 Å². The van der Waals surface area contributed by atoms with E-state index in [9.17, 15) is 17.6 Å². The van der Waals surface area contributed by atoms with Crippen LogP contribution in [0.2, 0.25) is 0 Å². The quantitative estimate of drug-likeness (QED) is 0.609. The highest BCUT2D eigenvalue weighted by Crippen LogP contribution is 2.15. The van der Waals surface area contributed by atoms with Gasteiger partial charge in [-0.3, -0.25) is 9.52 Å². The van der Waals surface area contributed by atoms with Gasteiger partial charge in [-0.05, 0) is 25.1 Å². The van der Waals surface area contributed by atoms with Crippen LogP contribution in [0.3, 0.4) is 0 Å². The van der Waals surface area contributed by atoms with Crippen LogP contribution in [0.15, 0.2) is 18.2 Å². The fourth-order valence-electron chi connectivity index (χ4n) is 1.39. The lowest BCUT2D eigenvalue weighted by atomic mass is 10.2. The molecule has 0 aliphatic rings. The summed E-state index contributed by atoms with van der Waals surface area (Å²) in [4.78, 5) is 11.1. The van der Waals surface area contributed by atoms with Crippen LogP contribution >= 0.6 is 0 Å². The molecule has 0 fully saturated rings.